The van der Waals surface area contributed by atoms with Gasteiger partial charge in [-0.1, -0.05) is 23.7 Å². The highest BCUT2D eigenvalue weighted by Crippen LogP contribution is 2.28. The minimum atomic E-state index is -3.62. The Morgan fingerprint density at radius 2 is 1.71 bits per heavy atom. The molecule has 0 atom stereocenters. The van der Waals surface area contributed by atoms with Crippen LogP contribution in [0.2, 0.25) is 5.02 Å². The summed E-state index contributed by atoms with van der Waals surface area (Å²) < 4.78 is 40.2. The minimum Gasteiger partial charge on any atom is -0.368 e. The van der Waals surface area contributed by atoms with E-state index >= 15 is 0 Å². The van der Waals surface area contributed by atoms with Gasteiger partial charge in [0.15, 0.2) is 0 Å². The molecule has 0 spiro atoms. The number of nitrogens with zero attached hydrogens (tertiary/aromatic N) is 2. The van der Waals surface area contributed by atoms with Gasteiger partial charge in [-0.05, 0) is 42.8 Å². The molecule has 0 aromatic heterocycles. The van der Waals surface area contributed by atoms with Crippen LogP contribution >= 0.6 is 11.6 Å². The molecule has 0 amide bonds. The van der Waals surface area contributed by atoms with Crippen LogP contribution in [-0.2, 0) is 10.0 Å². The molecule has 3 rings (SSSR count). The normalized spacial score (nSPS) is 16.4. The van der Waals surface area contributed by atoms with E-state index in [2.05, 4.69) is 4.90 Å². The van der Waals surface area contributed by atoms with Crippen molar-refractivity contribution in [1.82, 2.24) is 4.31 Å². The van der Waals surface area contributed by atoms with Crippen LogP contribution in [0.25, 0.3) is 0 Å². The number of halogens is 2. The fourth-order valence-electron chi connectivity index (χ4n) is 2.92. The van der Waals surface area contributed by atoms with Gasteiger partial charge in [-0.2, -0.15) is 4.31 Å². The third-order valence-corrected chi connectivity index (χ3v) is 6.57. The molecule has 0 saturated carbocycles. The lowest BCUT2D eigenvalue weighted by Crippen LogP contribution is -2.48. The molecule has 1 aliphatic heterocycles. The average Bonchev–Trinajstić information content (AvgIpc) is 2.55. The van der Waals surface area contributed by atoms with Gasteiger partial charge in [0.1, 0.15) is 5.82 Å². The summed E-state index contributed by atoms with van der Waals surface area (Å²) in [6, 6.07) is 11.3. The lowest BCUT2D eigenvalue weighted by Gasteiger charge is -2.36. The Hall–Kier alpha value is -1.63. The molecule has 1 saturated heterocycles. The van der Waals surface area contributed by atoms with E-state index in [1.807, 2.05) is 24.3 Å². The summed E-state index contributed by atoms with van der Waals surface area (Å²) in [5, 5.41) is 0.656. The summed E-state index contributed by atoms with van der Waals surface area (Å²) in [4.78, 5) is 2.24. The maximum atomic E-state index is 13.2. The van der Waals surface area contributed by atoms with Gasteiger partial charge in [0.25, 0.3) is 0 Å². The van der Waals surface area contributed by atoms with Gasteiger partial charge in [0.2, 0.25) is 10.0 Å². The van der Waals surface area contributed by atoms with Gasteiger partial charge in [-0.3, -0.25) is 0 Å². The van der Waals surface area contributed by atoms with Crippen LogP contribution in [0.4, 0.5) is 10.1 Å². The Morgan fingerprint density at radius 1 is 1.04 bits per heavy atom. The van der Waals surface area contributed by atoms with E-state index in [1.54, 1.807) is 6.92 Å². The molecule has 0 aliphatic carbocycles. The summed E-state index contributed by atoms with van der Waals surface area (Å²) in [5.74, 6) is -0.435. The molecule has 24 heavy (non-hydrogen) atoms. The molecular weight excluding hydrogens is 351 g/mol. The number of anilines is 1. The molecule has 0 unspecified atom stereocenters. The van der Waals surface area contributed by atoms with E-state index in [1.165, 1.54) is 22.5 Å². The second-order valence-corrected chi connectivity index (χ2v) is 8.07. The first kappa shape index (κ1) is 17.2. The monoisotopic (exact) mass is 368 g/mol. The largest absolute Gasteiger partial charge is 0.368 e. The van der Waals surface area contributed by atoms with E-state index < -0.39 is 15.8 Å². The lowest BCUT2D eigenvalue weighted by molar-refractivity contribution is 0.384. The Balaban J connectivity index is 1.78. The molecule has 4 nitrogen and oxygen atoms in total. The number of para-hydroxylation sites is 1. The van der Waals surface area contributed by atoms with E-state index in [9.17, 15) is 12.8 Å². The van der Waals surface area contributed by atoms with Crippen molar-refractivity contribution in [2.45, 2.75) is 11.8 Å². The summed E-state index contributed by atoms with van der Waals surface area (Å²) in [6.07, 6.45) is 0. The van der Waals surface area contributed by atoms with Gasteiger partial charge in [-0.25, -0.2) is 12.8 Å². The zero-order chi connectivity index (χ0) is 17.3. The molecule has 1 aliphatic rings. The van der Waals surface area contributed by atoms with Crippen molar-refractivity contribution in [3.05, 3.63) is 58.9 Å². The number of hydrogen-bond donors (Lipinski definition) is 0. The second-order valence-electron chi connectivity index (χ2n) is 5.75. The van der Waals surface area contributed by atoms with Gasteiger partial charge in [0.05, 0.1) is 15.6 Å². The molecule has 1 heterocycles. The van der Waals surface area contributed by atoms with E-state index in [-0.39, 0.29) is 4.90 Å². The molecule has 0 N–H and O–H groups in total. The minimum absolute atomic E-state index is 0.162. The third kappa shape index (κ3) is 3.27. The third-order valence-electron chi connectivity index (χ3n) is 4.19. The predicted octanol–water partition coefficient (Wildman–Crippen LogP) is 3.30. The van der Waals surface area contributed by atoms with Crippen molar-refractivity contribution in [3.8, 4) is 0 Å². The molecule has 2 aromatic rings. The summed E-state index contributed by atoms with van der Waals surface area (Å²) >= 11 is 6.21. The summed E-state index contributed by atoms with van der Waals surface area (Å²) in [7, 11) is -3.62. The first-order valence-corrected chi connectivity index (χ1v) is 9.47. The smallest absolute Gasteiger partial charge is 0.243 e. The van der Waals surface area contributed by atoms with E-state index in [0.29, 0.717) is 36.8 Å². The topological polar surface area (TPSA) is 40.6 Å². The lowest BCUT2D eigenvalue weighted by atomic mass is 10.2. The molecular formula is C17H18ClFN2O2S. The van der Waals surface area contributed by atoms with Gasteiger partial charge >= 0.3 is 0 Å². The standard InChI is InChI=1S/C17H18ClFN2O2S/c1-13-12-14(19)6-7-17(13)24(22,23)21-10-8-20(9-11-21)16-5-3-2-4-15(16)18/h2-7,12H,8-11H2,1H3. The zero-order valence-corrected chi connectivity index (χ0v) is 14.8. The van der Waals surface area contributed by atoms with Crippen molar-refractivity contribution in [2.75, 3.05) is 31.1 Å². The SMILES string of the molecule is Cc1cc(F)ccc1S(=O)(=O)N1CCN(c2ccccc2Cl)CC1. The number of hydrogen-bond acceptors (Lipinski definition) is 3. The van der Waals surface area contributed by atoms with Crippen molar-refractivity contribution in [3.63, 3.8) is 0 Å². The van der Waals surface area contributed by atoms with Crippen molar-refractivity contribution >= 4 is 27.3 Å². The van der Waals surface area contributed by atoms with Crippen LogP contribution in [0.5, 0.6) is 0 Å². The maximum absolute atomic E-state index is 13.2. The summed E-state index contributed by atoms with van der Waals surface area (Å²) in [6.45, 7) is 3.46. The number of aryl methyl sites for hydroxylation is 1. The van der Waals surface area contributed by atoms with E-state index in [0.717, 1.165) is 5.69 Å². The Kier molecular flexibility index (Phi) is 4.80. The van der Waals surface area contributed by atoms with Gasteiger partial charge < -0.3 is 4.90 Å². The highest BCUT2D eigenvalue weighted by molar-refractivity contribution is 7.89. The average molecular weight is 369 g/mol. The van der Waals surface area contributed by atoms with Crippen LogP contribution in [0.3, 0.4) is 0 Å². The zero-order valence-electron chi connectivity index (χ0n) is 13.2. The molecule has 7 heteroatoms. The van der Waals surface area contributed by atoms with E-state index in [4.69, 9.17) is 11.6 Å². The molecule has 0 bridgehead atoms. The Bertz CT molecular complexity index is 849. The van der Waals surface area contributed by atoms with Crippen LogP contribution in [-0.4, -0.2) is 38.9 Å². The van der Waals surface area contributed by atoms with Crippen molar-refractivity contribution in [1.29, 1.82) is 0 Å². The van der Waals surface area contributed by atoms with Gasteiger partial charge in [-0.15, -0.1) is 0 Å². The molecule has 128 valence electrons. The number of sulfonamides is 1. The number of rotatable bonds is 3. The number of benzene rings is 2. The summed E-state index contributed by atoms with van der Waals surface area (Å²) in [5.41, 5.74) is 1.33. The second kappa shape index (κ2) is 6.70. The Labute approximate surface area is 146 Å². The van der Waals surface area contributed by atoms with Crippen molar-refractivity contribution in [2.24, 2.45) is 0 Å². The molecule has 0 radical (unpaired) electrons. The fraction of sp³-hybridized carbons (Fsp3) is 0.294. The maximum Gasteiger partial charge on any atom is 0.243 e. The number of piperazine rings is 1. The Morgan fingerprint density at radius 3 is 2.33 bits per heavy atom. The van der Waals surface area contributed by atoms with Crippen LogP contribution in [0, 0.1) is 12.7 Å². The fourth-order valence-corrected chi connectivity index (χ4v) is 4.80. The van der Waals surface area contributed by atoms with Gasteiger partial charge in [0, 0.05) is 26.2 Å². The van der Waals surface area contributed by atoms with Crippen LogP contribution < -0.4 is 4.90 Å². The predicted molar refractivity (Wildman–Crippen MR) is 93.6 cm³/mol. The highest BCUT2D eigenvalue weighted by atomic mass is 35.5. The van der Waals surface area contributed by atoms with Crippen LogP contribution in [0.15, 0.2) is 47.4 Å². The first-order chi connectivity index (χ1) is 11.4. The first-order valence-electron chi connectivity index (χ1n) is 7.65. The molecule has 2 aromatic carbocycles. The molecule has 1 fully saturated rings. The highest BCUT2D eigenvalue weighted by Gasteiger charge is 2.30. The van der Waals surface area contributed by atoms with Crippen molar-refractivity contribution < 1.29 is 12.8 Å². The van der Waals surface area contributed by atoms with Crippen LogP contribution in [0.1, 0.15) is 5.56 Å². The quantitative estimate of drug-likeness (QED) is 0.834.